The van der Waals surface area contributed by atoms with Crippen LogP contribution in [0, 0.1) is 5.41 Å². The third-order valence-corrected chi connectivity index (χ3v) is 4.44. The van der Waals surface area contributed by atoms with Gasteiger partial charge in [0, 0.05) is 13.5 Å². The zero-order valence-corrected chi connectivity index (χ0v) is 11.6. The van der Waals surface area contributed by atoms with Crippen LogP contribution in [-0.4, -0.2) is 23.9 Å². The first-order chi connectivity index (χ1) is 8.47. The molecule has 1 fully saturated rings. The van der Waals surface area contributed by atoms with E-state index < -0.39 is 11.7 Å². The molecule has 1 aromatic heterocycles. The van der Waals surface area contributed by atoms with Crippen LogP contribution >= 0.6 is 0 Å². The van der Waals surface area contributed by atoms with Crippen molar-refractivity contribution in [1.29, 1.82) is 0 Å². The van der Waals surface area contributed by atoms with Crippen LogP contribution in [0.2, 0.25) is 0 Å². The maximum absolute atomic E-state index is 10.5. The maximum atomic E-state index is 10.5. The molecule has 0 bridgehead atoms. The van der Waals surface area contributed by atoms with Crippen molar-refractivity contribution in [2.24, 2.45) is 5.41 Å². The summed E-state index contributed by atoms with van der Waals surface area (Å²) in [6.07, 6.45) is 5.69. The van der Waals surface area contributed by atoms with E-state index >= 15 is 0 Å². The van der Waals surface area contributed by atoms with Gasteiger partial charge in [-0.1, -0.05) is 13.8 Å². The summed E-state index contributed by atoms with van der Waals surface area (Å²) >= 11 is 0. The quantitative estimate of drug-likeness (QED) is 0.895. The molecule has 3 nitrogen and oxygen atoms in total. The zero-order valence-electron chi connectivity index (χ0n) is 11.6. The van der Waals surface area contributed by atoms with Gasteiger partial charge in [-0.2, -0.15) is 0 Å². The van der Waals surface area contributed by atoms with E-state index in [4.69, 9.17) is 9.15 Å². The molecule has 0 amide bonds. The van der Waals surface area contributed by atoms with Gasteiger partial charge < -0.3 is 14.3 Å². The average molecular weight is 252 g/mol. The maximum Gasteiger partial charge on any atom is 0.106 e. The van der Waals surface area contributed by atoms with Crippen LogP contribution < -0.4 is 0 Å². The first-order valence-electron chi connectivity index (χ1n) is 6.73. The van der Waals surface area contributed by atoms with E-state index in [0.717, 1.165) is 31.4 Å². The first-order valence-corrected chi connectivity index (χ1v) is 6.73. The van der Waals surface area contributed by atoms with Gasteiger partial charge in [0.05, 0.1) is 18.0 Å². The average Bonchev–Trinajstić information content (AvgIpc) is 2.82. The molecule has 1 saturated carbocycles. The predicted molar refractivity (Wildman–Crippen MR) is 70.4 cm³/mol. The molecule has 1 aliphatic carbocycles. The van der Waals surface area contributed by atoms with Crippen LogP contribution in [0.15, 0.2) is 22.8 Å². The van der Waals surface area contributed by atoms with Gasteiger partial charge in [0.1, 0.15) is 5.76 Å². The largest absolute Gasteiger partial charge is 0.469 e. The fraction of sp³-hybridized carbons (Fsp3) is 0.733. The Labute approximate surface area is 109 Å². The van der Waals surface area contributed by atoms with E-state index in [0.29, 0.717) is 11.8 Å². The number of ether oxygens (including phenoxy) is 1. The lowest BCUT2D eigenvalue weighted by Gasteiger charge is -2.45. The molecule has 0 spiro atoms. The molecule has 18 heavy (non-hydrogen) atoms. The summed E-state index contributed by atoms with van der Waals surface area (Å²) in [5.41, 5.74) is -0.0330. The second-order valence-electron chi connectivity index (χ2n) is 6.23. The molecular formula is C15H24O3. The Morgan fingerprint density at radius 2 is 2.00 bits per heavy atom. The van der Waals surface area contributed by atoms with Gasteiger partial charge >= 0.3 is 0 Å². The van der Waals surface area contributed by atoms with Gasteiger partial charge in [-0.25, -0.2) is 0 Å². The molecule has 3 heteroatoms. The third-order valence-electron chi connectivity index (χ3n) is 4.44. The lowest BCUT2D eigenvalue weighted by atomic mass is 9.68. The molecule has 0 radical (unpaired) electrons. The Bertz CT molecular complexity index is 357. The van der Waals surface area contributed by atoms with Gasteiger partial charge in [-0.05, 0) is 43.2 Å². The summed E-state index contributed by atoms with van der Waals surface area (Å²) in [4.78, 5) is 0. The second-order valence-corrected chi connectivity index (χ2v) is 6.23. The Kier molecular flexibility index (Phi) is 3.83. The molecule has 102 valence electrons. The van der Waals surface area contributed by atoms with Crippen molar-refractivity contribution in [3.8, 4) is 0 Å². The zero-order chi connectivity index (χ0) is 13.2. The van der Waals surface area contributed by atoms with E-state index in [-0.39, 0.29) is 0 Å². The molecule has 0 saturated heterocycles. The highest BCUT2D eigenvalue weighted by Crippen LogP contribution is 2.43. The van der Waals surface area contributed by atoms with Crippen LogP contribution in [0.25, 0.3) is 0 Å². The minimum Gasteiger partial charge on any atom is -0.469 e. The molecule has 1 N–H and O–H groups in total. The Balaban J connectivity index is 2.03. The van der Waals surface area contributed by atoms with Crippen molar-refractivity contribution in [1.82, 2.24) is 0 Å². The Hall–Kier alpha value is -0.800. The third kappa shape index (κ3) is 2.78. The molecule has 0 aliphatic heterocycles. The van der Waals surface area contributed by atoms with Crippen molar-refractivity contribution < 1.29 is 14.3 Å². The van der Waals surface area contributed by atoms with E-state index in [1.54, 1.807) is 13.4 Å². The number of aliphatic hydroxyl groups is 1. The number of hydrogen-bond donors (Lipinski definition) is 1. The fourth-order valence-corrected chi connectivity index (χ4v) is 2.83. The molecule has 1 atom stereocenters. The van der Waals surface area contributed by atoms with Gasteiger partial charge in [-0.3, -0.25) is 0 Å². The molecule has 1 aromatic rings. The topological polar surface area (TPSA) is 42.6 Å². The van der Waals surface area contributed by atoms with Crippen LogP contribution in [0.4, 0.5) is 0 Å². The number of hydrogen-bond acceptors (Lipinski definition) is 3. The monoisotopic (exact) mass is 252 g/mol. The van der Waals surface area contributed by atoms with Crippen molar-refractivity contribution >= 4 is 0 Å². The smallest absolute Gasteiger partial charge is 0.106 e. The van der Waals surface area contributed by atoms with Crippen LogP contribution in [-0.2, 0) is 11.2 Å². The fourth-order valence-electron chi connectivity index (χ4n) is 2.83. The molecule has 1 unspecified atom stereocenters. The van der Waals surface area contributed by atoms with Crippen LogP contribution in [0.5, 0.6) is 0 Å². The van der Waals surface area contributed by atoms with Crippen LogP contribution in [0.1, 0.15) is 45.3 Å². The lowest BCUT2D eigenvalue weighted by molar-refractivity contribution is -0.136. The van der Waals surface area contributed by atoms with Crippen LogP contribution in [0.3, 0.4) is 0 Å². The number of furan rings is 1. The summed E-state index contributed by atoms with van der Waals surface area (Å²) in [7, 11) is 1.71. The standard InChI is InChI=1S/C15H24O3/c1-14(2)6-8-15(17-3,9-7-14)13(16)11-12-5-4-10-18-12/h4-5,10,13,16H,6-9,11H2,1-3H3. The van der Waals surface area contributed by atoms with Crippen molar-refractivity contribution in [2.75, 3.05) is 7.11 Å². The molecular weight excluding hydrogens is 228 g/mol. The Morgan fingerprint density at radius 3 is 2.50 bits per heavy atom. The predicted octanol–water partition coefficient (Wildman–Crippen LogP) is 3.17. The Morgan fingerprint density at radius 1 is 1.33 bits per heavy atom. The van der Waals surface area contributed by atoms with Gasteiger partial charge in [0.2, 0.25) is 0 Å². The highest BCUT2D eigenvalue weighted by molar-refractivity contribution is 5.04. The summed E-state index contributed by atoms with van der Waals surface area (Å²) in [6, 6.07) is 3.75. The van der Waals surface area contributed by atoms with E-state index in [9.17, 15) is 5.11 Å². The van der Waals surface area contributed by atoms with Gasteiger partial charge in [-0.15, -0.1) is 0 Å². The van der Waals surface area contributed by atoms with Crippen molar-refractivity contribution in [3.63, 3.8) is 0 Å². The summed E-state index contributed by atoms with van der Waals surface area (Å²) in [5, 5.41) is 10.5. The molecule has 2 rings (SSSR count). The highest BCUT2D eigenvalue weighted by atomic mass is 16.5. The number of rotatable bonds is 4. The van der Waals surface area contributed by atoms with E-state index in [1.807, 2.05) is 12.1 Å². The van der Waals surface area contributed by atoms with Crippen molar-refractivity contribution in [3.05, 3.63) is 24.2 Å². The highest BCUT2D eigenvalue weighted by Gasteiger charge is 2.43. The summed E-state index contributed by atoms with van der Waals surface area (Å²) < 4.78 is 11.0. The summed E-state index contributed by atoms with van der Waals surface area (Å²) in [5.74, 6) is 0.823. The van der Waals surface area contributed by atoms with Gasteiger partial charge in [0.25, 0.3) is 0 Å². The van der Waals surface area contributed by atoms with Crippen molar-refractivity contribution in [2.45, 2.75) is 57.7 Å². The normalized spacial score (nSPS) is 23.8. The lowest BCUT2D eigenvalue weighted by Crippen LogP contribution is -2.49. The number of methoxy groups -OCH3 is 1. The molecule has 1 heterocycles. The SMILES string of the molecule is COC1(C(O)Cc2ccco2)CCC(C)(C)CC1. The second kappa shape index (κ2) is 5.06. The molecule has 1 aliphatic rings. The minimum atomic E-state index is -0.496. The van der Waals surface area contributed by atoms with E-state index in [1.165, 1.54) is 0 Å². The van der Waals surface area contributed by atoms with E-state index in [2.05, 4.69) is 13.8 Å². The van der Waals surface area contributed by atoms with Gasteiger partial charge in [0.15, 0.2) is 0 Å². The first kappa shape index (κ1) is 13.6. The minimum absolute atomic E-state index is 0.367. The number of aliphatic hydroxyl groups excluding tert-OH is 1. The molecule has 0 aromatic carbocycles. The summed E-state index contributed by atoms with van der Waals surface area (Å²) in [6.45, 7) is 4.57.